The number of fused-ring (bicyclic) bond motifs is 5. The zero-order valence-corrected chi connectivity index (χ0v) is 20.1. The summed E-state index contributed by atoms with van der Waals surface area (Å²) in [6.07, 6.45) is 8.69. The summed E-state index contributed by atoms with van der Waals surface area (Å²) in [5.74, 6) is 2.20. The Labute approximate surface area is 188 Å². The van der Waals surface area contributed by atoms with Gasteiger partial charge in [0.1, 0.15) is 13.8 Å². The van der Waals surface area contributed by atoms with Crippen LogP contribution in [0.25, 0.3) is 0 Å². The van der Waals surface area contributed by atoms with Crippen molar-refractivity contribution >= 4 is 13.3 Å². The summed E-state index contributed by atoms with van der Waals surface area (Å²) >= 11 is 0. The second-order valence-electron chi connectivity index (χ2n) is 11.1. The van der Waals surface area contributed by atoms with Gasteiger partial charge in [0.25, 0.3) is 0 Å². The average molecular weight is 433 g/mol. The van der Waals surface area contributed by atoms with Gasteiger partial charge in [-0.3, -0.25) is 0 Å². The summed E-state index contributed by atoms with van der Waals surface area (Å²) in [5.41, 5.74) is 4.45. The Kier molecular flexibility index (Phi) is 4.98. The Morgan fingerprint density at radius 2 is 1.77 bits per heavy atom. The van der Waals surface area contributed by atoms with Gasteiger partial charge in [0.2, 0.25) is 0 Å². The van der Waals surface area contributed by atoms with Crippen molar-refractivity contribution in [2.45, 2.75) is 70.1 Å². The van der Waals surface area contributed by atoms with Crippen LogP contribution in [0.3, 0.4) is 0 Å². The highest BCUT2D eigenvalue weighted by Crippen LogP contribution is 2.64. The number of phenols is 1. The molecule has 164 valence electrons. The van der Waals surface area contributed by atoms with Crippen molar-refractivity contribution in [3.8, 4) is 5.75 Å². The summed E-state index contributed by atoms with van der Waals surface area (Å²) in [4.78, 5) is 0. The molecule has 2 saturated carbocycles. The fourth-order valence-electron chi connectivity index (χ4n) is 7.20. The first-order valence-corrected chi connectivity index (χ1v) is 15.1. The second kappa shape index (κ2) is 7.35. The van der Waals surface area contributed by atoms with Crippen LogP contribution in [0.4, 0.5) is 0 Å². The molecule has 5 atom stereocenters. The number of hydrogen-bond donors (Lipinski definition) is 2. The van der Waals surface area contributed by atoms with E-state index in [1.807, 2.05) is 12.1 Å². The molecule has 0 amide bonds. The van der Waals surface area contributed by atoms with Crippen LogP contribution < -0.4 is 5.19 Å². The summed E-state index contributed by atoms with van der Waals surface area (Å²) in [6, 6.07) is 16.8. The molecule has 2 aromatic rings. The lowest BCUT2D eigenvalue weighted by atomic mass is 9.53. The van der Waals surface area contributed by atoms with E-state index in [9.17, 15) is 10.2 Å². The van der Waals surface area contributed by atoms with Gasteiger partial charge in [0.05, 0.1) is 5.60 Å². The molecule has 3 aliphatic rings. The molecule has 0 radical (unpaired) electrons. The van der Waals surface area contributed by atoms with Crippen molar-refractivity contribution in [2.75, 3.05) is 0 Å². The highest BCUT2D eigenvalue weighted by atomic mass is 28.3. The Morgan fingerprint density at radius 3 is 2.55 bits per heavy atom. The molecular formula is C28H36O2Si. The van der Waals surface area contributed by atoms with Gasteiger partial charge >= 0.3 is 0 Å². The topological polar surface area (TPSA) is 40.5 Å². The number of hydrogen-bond acceptors (Lipinski definition) is 2. The number of phenolic OH excluding ortho intramolecular Hbond substituents is 1. The van der Waals surface area contributed by atoms with Gasteiger partial charge < -0.3 is 10.2 Å². The molecule has 2 aromatic carbocycles. The fraction of sp³-hybridized carbons (Fsp3) is 0.500. The first-order chi connectivity index (χ1) is 14.7. The smallest absolute Gasteiger partial charge is 0.115 e. The van der Waals surface area contributed by atoms with Crippen LogP contribution in [0.5, 0.6) is 5.75 Å². The Morgan fingerprint density at radius 1 is 1.00 bits per heavy atom. The number of rotatable bonds is 3. The summed E-state index contributed by atoms with van der Waals surface area (Å²) in [6.45, 7) is 7.12. The van der Waals surface area contributed by atoms with Crippen molar-refractivity contribution in [3.05, 3.63) is 71.4 Å². The number of aromatic hydroxyl groups is 1. The number of benzene rings is 2. The van der Waals surface area contributed by atoms with Crippen LogP contribution in [0, 0.1) is 17.3 Å². The van der Waals surface area contributed by atoms with Gasteiger partial charge in [0, 0.05) is 5.41 Å². The van der Waals surface area contributed by atoms with E-state index >= 15 is 0 Å². The molecule has 31 heavy (non-hydrogen) atoms. The minimum atomic E-state index is -1.74. The second-order valence-corrected chi connectivity index (χ2v) is 15.5. The van der Waals surface area contributed by atoms with Gasteiger partial charge in [-0.2, -0.15) is 0 Å². The molecule has 3 aliphatic carbocycles. The third-order valence-corrected chi connectivity index (χ3v) is 12.0. The third-order valence-electron chi connectivity index (χ3n) is 9.22. The minimum absolute atomic E-state index is 0.0414. The van der Waals surface area contributed by atoms with Crippen molar-refractivity contribution in [1.82, 2.24) is 0 Å². The zero-order chi connectivity index (χ0) is 21.9. The van der Waals surface area contributed by atoms with E-state index in [2.05, 4.69) is 68.2 Å². The van der Waals surface area contributed by atoms with Crippen LogP contribution in [-0.4, -0.2) is 23.9 Å². The van der Waals surface area contributed by atoms with E-state index in [1.165, 1.54) is 22.7 Å². The SMILES string of the molecule is C[C@]12CC[C@@H]3c4ccc(O)cc4CCC3[C@@H]1CC[C@@]2(O)/C=C/[Si](C)(C)c1ccccc1. The normalized spacial score (nSPS) is 34.9. The fourth-order valence-corrected chi connectivity index (χ4v) is 9.14. The van der Waals surface area contributed by atoms with Gasteiger partial charge in [0.15, 0.2) is 0 Å². The molecule has 3 heteroatoms. The van der Waals surface area contributed by atoms with E-state index in [4.69, 9.17) is 0 Å². The molecule has 0 aromatic heterocycles. The van der Waals surface area contributed by atoms with Crippen molar-refractivity contribution in [2.24, 2.45) is 17.3 Å². The molecule has 0 saturated heterocycles. The van der Waals surface area contributed by atoms with E-state index in [0.29, 0.717) is 23.5 Å². The Balaban J connectivity index is 1.42. The lowest BCUT2D eigenvalue weighted by Crippen LogP contribution is -2.50. The molecule has 0 heterocycles. The van der Waals surface area contributed by atoms with Crippen LogP contribution in [0.2, 0.25) is 13.1 Å². The quantitative estimate of drug-likeness (QED) is 0.612. The van der Waals surface area contributed by atoms with Crippen molar-refractivity contribution < 1.29 is 10.2 Å². The predicted molar refractivity (Wildman–Crippen MR) is 130 cm³/mol. The summed E-state index contributed by atoms with van der Waals surface area (Å²) in [7, 11) is -1.74. The first kappa shape index (κ1) is 21.0. The van der Waals surface area contributed by atoms with Gasteiger partial charge in [-0.25, -0.2) is 0 Å². The van der Waals surface area contributed by atoms with Crippen LogP contribution in [0.1, 0.15) is 56.1 Å². The average Bonchev–Trinajstić information content (AvgIpc) is 3.04. The van der Waals surface area contributed by atoms with Crippen LogP contribution in [-0.2, 0) is 6.42 Å². The highest BCUT2D eigenvalue weighted by Gasteiger charge is 2.60. The molecule has 2 fully saturated rings. The van der Waals surface area contributed by atoms with E-state index in [-0.39, 0.29) is 5.41 Å². The van der Waals surface area contributed by atoms with Crippen molar-refractivity contribution in [1.29, 1.82) is 0 Å². The Bertz CT molecular complexity index is 997. The van der Waals surface area contributed by atoms with Crippen LogP contribution >= 0.6 is 0 Å². The number of aliphatic hydroxyl groups is 1. The Hall–Kier alpha value is -1.84. The monoisotopic (exact) mass is 432 g/mol. The van der Waals surface area contributed by atoms with E-state index < -0.39 is 13.7 Å². The van der Waals surface area contributed by atoms with E-state index in [0.717, 1.165) is 32.1 Å². The molecule has 0 bridgehead atoms. The third kappa shape index (κ3) is 3.32. The van der Waals surface area contributed by atoms with Gasteiger partial charge in [-0.05, 0) is 79.5 Å². The standard InChI is InChI=1S/C28H36O2Si/c1-27-15-13-24-23-12-10-21(29)19-20(23)9-11-25(24)26(27)14-16-28(27,30)17-18-31(2,3)22-7-5-4-6-8-22/h4-8,10,12,17-19,24-26,29-30H,9,11,13-16H2,1-3H3/b18-17+/t24-,25?,26+,27+,28-/m1/s1. The molecular weight excluding hydrogens is 396 g/mol. The van der Waals surface area contributed by atoms with Gasteiger partial charge in [-0.15, -0.1) is 0 Å². The zero-order valence-electron chi connectivity index (χ0n) is 19.1. The highest BCUT2D eigenvalue weighted by molar-refractivity contribution is 6.93. The maximum atomic E-state index is 12.0. The molecule has 5 rings (SSSR count). The van der Waals surface area contributed by atoms with Gasteiger partial charge in [-0.1, -0.05) is 73.4 Å². The summed E-state index contributed by atoms with van der Waals surface area (Å²) < 4.78 is 0. The maximum Gasteiger partial charge on any atom is 0.115 e. The first-order valence-electron chi connectivity index (χ1n) is 12.0. The van der Waals surface area contributed by atoms with Crippen LogP contribution in [0.15, 0.2) is 60.3 Å². The summed E-state index contributed by atoms with van der Waals surface area (Å²) in [5, 5.41) is 23.3. The lowest BCUT2D eigenvalue weighted by Gasteiger charge is -2.52. The van der Waals surface area contributed by atoms with Crippen molar-refractivity contribution in [3.63, 3.8) is 0 Å². The molecule has 0 aliphatic heterocycles. The largest absolute Gasteiger partial charge is 0.508 e. The number of aryl methyl sites for hydroxylation is 1. The molecule has 2 N–H and O–H groups in total. The maximum absolute atomic E-state index is 12.0. The molecule has 1 unspecified atom stereocenters. The minimum Gasteiger partial charge on any atom is -0.508 e. The van der Waals surface area contributed by atoms with E-state index in [1.54, 1.807) is 0 Å². The predicted octanol–water partition coefficient (Wildman–Crippen LogP) is 5.69. The lowest BCUT2D eigenvalue weighted by molar-refractivity contribution is -0.0709. The molecule has 0 spiro atoms. The molecule has 2 nitrogen and oxygen atoms in total.